The number of hydrogen-bond acceptors (Lipinski definition) is 5. The molecule has 1 aliphatic rings. The lowest BCUT2D eigenvalue weighted by atomic mass is 9.88. The second-order valence-corrected chi connectivity index (χ2v) is 6.12. The fraction of sp³-hybridized carbons (Fsp3) is 0.421. The molecule has 1 aliphatic carbocycles. The lowest BCUT2D eigenvalue weighted by Gasteiger charge is -2.33. The van der Waals surface area contributed by atoms with Crippen LogP contribution < -0.4 is 10.8 Å². The Morgan fingerprint density at radius 3 is 2.44 bits per heavy atom. The lowest BCUT2D eigenvalue weighted by Crippen LogP contribution is -2.54. The highest BCUT2D eigenvalue weighted by Gasteiger charge is 2.31. The number of allylic oxidation sites excluding steroid dienone is 2. The maximum Gasteiger partial charge on any atom is 0.263 e. The highest BCUT2D eigenvalue weighted by Crippen LogP contribution is 2.28. The Morgan fingerprint density at radius 1 is 1.28 bits per heavy atom. The monoisotopic (exact) mass is 346 g/mol. The number of ether oxygens (including phenoxy) is 1. The van der Waals surface area contributed by atoms with E-state index in [9.17, 15) is 9.90 Å². The van der Waals surface area contributed by atoms with Crippen LogP contribution in [0.1, 0.15) is 25.3 Å². The van der Waals surface area contributed by atoms with Crippen LogP contribution in [0.2, 0.25) is 0 Å². The van der Waals surface area contributed by atoms with Gasteiger partial charge in [-0.05, 0) is 19.4 Å². The van der Waals surface area contributed by atoms with Crippen LogP contribution in [0.15, 0.2) is 54.6 Å². The molecule has 4 N–H and O–H groups in total. The minimum atomic E-state index is -0.959. The van der Waals surface area contributed by atoms with Crippen molar-refractivity contribution < 1.29 is 19.8 Å². The Bertz CT molecular complexity index is 599. The summed E-state index contributed by atoms with van der Waals surface area (Å²) in [6, 6.07) is 9.20. The van der Waals surface area contributed by atoms with E-state index in [0.717, 1.165) is 0 Å². The van der Waals surface area contributed by atoms with E-state index in [4.69, 9.17) is 9.94 Å². The number of aliphatic hydroxyl groups is 1. The summed E-state index contributed by atoms with van der Waals surface area (Å²) in [6.45, 7) is 4.17. The summed E-state index contributed by atoms with van der Waals surface area (Å²) < 4.78 is 5.89. The third kappa shape index (κ3) is 4.99. The van der Waals surface area contributed by atoms with Gasteiger partial charge in [-0.25, -0.2) is 5.48 Å². The number of hydroxylamine groups is 1. The topological polar surface area (TPSA) is 90.8 Å². The molecule has 25 heavy (non-hydrogen) atoms. The maximum absolute atomic E-state index is 11.7. The molecule has 136 valence electrons. The Balaban J connectivity index is 2.10. The van der Waals surface area contributed by atoms with Crippen LogP contribution in [0.5, 0.6) is 0 Å². The molecule has 1 amide bonds. The summed E-state index contributed by atoms with van der Waals surface area (Å²) >= 11 is 0. The van der Waals surface area contributed by atoms with Gasteiger partial charge in [0.2, 0.25) is 0 Å². The van der Waals surface area contributed by atoms with Crippen LogP contribution in [0.25, 0.3) is 0 Å². The van der Waals surface area contributed by atoms with Gasteiger partial charge in [0.15, 0.2) is 0 Å². The molecule has 0 radical (unpaired) electrons. The Labute approximate surface area is 148 Å². The largest absolute Gasteiger partial charge is 0.391 e. The minimum Gasteiger partial charge on any atom is -0.391 e. The summed E-state index contributed by atoms with van der Waals surface area (Å²) in [5, 5.41) is 21.5. The van der Waals surface area contributed by atoms with Gasteiger partial charge in [0, 0.05) is 19.1 Å². The molecule has 0 spiro atoms. The molecule has 0 saturated carbocycles. The van der Waals surface area contributed by atoms with Crippen molar-refractivity contribution in [3.63, 3.8) is 0 Å². The smallest absolute Gasteiger partial charge is 0.263 e. The molecule has 0 heterocycles. The molecule has 6 nitrogen and oxygen atoms in total. The van der Waals surface area contributed by atoms with Gasteiger partial charge < -0.3 is 15.2 Å². The second kappa shape index (κ2) is 8.92. The lowest BCUT2D eigenvalue weighted by molar-refractivity contribution is -0.134. The van der Waals surface area contributed by atoms with E-state index in [2.05, 4.69) is 29.6 Å². The van der Waals surface area contributed by atoms with E-state index in [0.29, 0.717) is 13.2 Å². The minimum absolute atomic E-state index is 0.170. The van der Waals surface area contributed by atoms with Gasteiger partial charge in [0.25, 0.3) is 5.91 Å². The first-order valence-corrected chi connectivity index (χ1v) is 8.44. The number of carbonyl (C=O) groups excluding carboxylic acids is 1. The molecule has 1 aromatic carbocycles. The number of rotatable bonds is 8. The van der Waals surface area contributed by atoms with E-state index < -0.39 is 23.7 Å². The zero-order chi connectivity index (χ0) is 18.3. The second-order valence-electron chi connectivity index (χ2n) is 6.12. The van der Waals surface area contributed by atoms with Crippen LogP contribution in [0.3, 0.4) is 0 Å². The van der Waals surface area contributed by atoms with Crippen molar-refractivity contribution >= 4 is 5.91 Å². The first-order chi connectivity index (χ1) is 12.0. The number of hydrogen-bond donors (Lipinski definition) is 4. The molecule has 0 bridgehead atoms. The van der Waals surface area contributed by atoms with Crippen molar-refractivity contribution in [2.75, 3.05) is 13.2 Å². The SMILES string of the molecule is CCOC1(CN[C@H](C(=O)NO)[C@@H](C)O)C=CC(c2ccccc2)C=C1. The van der Waals surface area contributed by atoms with Gasteiger partial charge in [0.05, 0.1) is 6.10 Å². The maximum atomic E-state index is 11.7. The average Bonchev–Trinajstić information content (AvgIpc) is 2.63. The van der Waals surface area contributed by atoms with Crippen molar-refractivity contribution in [1.29, 1.82) is 0 Å². The number of nitrogens with one attached hydrogen (secondary N) is 2. The van der Waals surface area contributed by atoms with Crippen LogP contribution in [-0.2, 0) is 9.53 Å². The molecule has 0 unspecified atom stereocenters. The van der Waals surface area contributed by atoms with Crippen LogP contribution >= 0.6 is 0 Å². The standard InChI is InChI=1S/C19H26N2O4/c1-3-25-19(13-20-17(14(2)22)18(23)21-24)11-9-16(10-12-19)15-7-5-4-6-8-15/h4-12,14,16-17,20,22,24H,3,13H2,1-2H3,(H,21,23)/t14-,16?,17+,19?/m1/s1. The van der Waals surface area contributed by atoms with E-state index in [1.54, 1.807) is 5.48 Å². The molecular formula is C19H26N2O4. The molecule has 6 heteroatoms. The van der Waals surface area contributed by atoms with Crippen molar-refractivity contribution in [3.05, 3.63) is 60.2 Å². The van der Waals surface area contributed by atoms with Gasteiger partial charge in [0.1, 0.15) is 11.6 Å². The van der Waals surface area contributed by atoms with Crippen molar-refractivity contribution in [1.82, 2.24) is 10.8 Å². The normalized spacial score (nSPS) is 24.7. The predicted molar refractivity (Wildman–Crippen MR) is 95.2 cm³/mol. The Morgan fingerprint density at radius 2 is 1.92 bits per heavy atom. The molecule has 2 atom stereocenters. The van der Waals surface area contributed by atoms with Crippen LogP contribution in [0.4, 0.5) is 0 Å². The Hall–Kier alpha value is -1.99. The first-order valence-electron chi connectivity index (χ1n) is 8.44. The fourth-order valence-electron chi connectivity index (χ4n) is 2.91. The summed E-state index contributed by atoms with van der Waals surface area (Å²) in [5.74, 6) is -0.518. The molecule has 0 fully saturated rings. The Kier molecular flexibility index (Phi) is 6.90. The number of benzene rings is 1. The van der Waals surface area contributed by atoms with Gasteiger partial charge in [-0.3, -0.25) is 10.0 Å². The number of aliphatic hydroxyl groups excluding tert-OH is 1. The first kappa shape index (κ1) is 19.3. The highest BCUT2D eigenvalue weighted by atomic mass is 16.5. The quantitative estimate of drug-likeness (QED) is 0.325. The van der Waals surface area contributed by atoms with Crippen LogP contribution in [-0.4, -0.2) is 47.1 Å². The van der Waals surface area contributed by atoms with Gasteiger partial charge in [-0.1, -0.05) is 54.6 Å². The van der Waals surface area contributed by atoms with E-state index >= 15 is 0 Å². The predicted octanol–water partition coefficient (Wildman–Crippen LogP) is 1.52. The van der Waals surface area contributed by atoms with Crippen molar-refractivity contribution in [2.45, 2.75) is 37.5 Å². The van der Waals surface area contributed by atoms with Crippen LogP contribution in [0, 0.1) is 0 Å². The third-order valence-electron chi connectivity index (χ3n) is 4.24. The summed E-state index contributed by atoms with van der Waals surface area (Å²) in [4.78, 5) is 11.7. The van der Waals surface area contributed by atoms with E-state index in [-0.39, 0.29) is 5.92 Å². The van der Waals surface area contributed by atoms with E-state index in [1.165, 1.54) is 12.5 Å². The number of carbonyl (C=O) groups is 1. The van der Waals surface area contributed by atoms with Gasteiger partial charge >= 0.3 is 0 Å². The molecule has 1 aromatic rings. The average molecular weight is 346 g/mol. The molecule has 0 aliphatic heterocycles. The third-order valence-corrected chi connectivity index (χ3v) is 4.24. The molecule has 2 rings (SSSR count). The zero-order valence-corrected chi connectivity index (χ0v) is 14.6. The van der Waals surface area contributed by atoms with Crippen molar-refractivity contribution in [3.8, 4) is 0 Å². The molecule has 0 saturated heterocycles. The van der Waals surface area contributed by atoms with Crippen molar-refractivity contribution in [2.24, 2.45) is 0 Å². The molecular weight excluding hydrogens is 320 g/mol. The van der Waals surface area contributed by atoms with Gasteiger partial charge in [-0.2, -0.15) is 0 Å². The summed E-state index contributed by atoms with van der Waals surface area (Å²) in [7, 11) is 0. The number of amides is 1. The van der Waals surface area contributed by atoms with E-state index in [1.807, 2.05) is 37.3 Å². The summed E-state index contributed by atoms with van der Waals surface area (Å²) in [6.07, 6.45) is 7.11. The zero-order valence-electron chi connectivity index (χ0n) is 14.6. The highest BCUT2D eigenvalue weighted by molar-refractivity contribution is 5.81. The fourth-order valence-corrected chi connectivity index (χ4v) is 2.91. The van der Waals surface area contributed by atoms with Gasteiger partial charge in [-0.15, -0.1) is 0 Å². The summed E-state index contributed by atoms with van der Waals surface area (Å²) in [5.41, 5.74) is 2.05. The molecule has 0 aromatic heterocycles.